The van der Waals surface area contributed by atoms with Crippen LogP contribution in [0.5, 0.6) is 0 Å². The van der Waals surface area contributed by atoms with E-state index in [1.807, 2.05) is 18.2 Å². The van der Waals surface area contributed by atoms with Crippen molar-refractivity contribution in [3.8, 4) is 0 Å². The number of ether oxygens (including phenoxy) is 1. The smallest absolute Gasteiger partial charge is 0.435 e. The highest BCUT2D eigenvalue weighted by atomic mass is 19.4. The molecule has 2 unspecified atom stereocenters. The lowest BCUT2D eigenvalue weighted by molar-refractivity contribution is -0.141. The third-order valence-corrected chi connectivity index (χ3v) is 7.28. The van der Waals surface area contributed by atoms with Gasteiger partial charge in [-0.1, -0.05) is 6.08 Å². The topological polar surface area (TPSA) is 81.1 Å². The van der Waals surface area contributed by atoms with E-state index in [0.717, 1.165) is 64.0 Å². The summed E-state index contributed by atoms with van der Waals surface area (Å²) in [5.74, 6) is 0.535. The molecule has 2 aliphatic carbocycles. The molecule has 8 nitrogen and oxygen atoms in total. The van der Waals surface area contributed by atoms with E-state index in [-0.39, 0.29) is 17.5 Å². The number of piperazine rings is 1. The Hall–Kier alpha value is -2.92. The first-order valence-electron chi connectivity index (χ1n) is 13.0. The number of fused-ring (bicyclic) bond motifs is 1. The van der Waals surface area contributed by atoms with Crippen molar-refractivity contribution in [2.75, 3.05) is 46.4 Å². The number of aromatic nitrogens is 2. The molecule has 11 heteroatoms. The van der Waals surface area contributed by atoms with Crippen molar-refractivity contribution >= 4 is 11.9 Å². The van der Waals surface area contributed by atoms with Gasteiger partial charge in [0.2, 0.25) is 0 Å². The number of rotatable bonds is 8. The van der Waals surface area contributed by atoms with Crippen molar-refractivity contribution < 1.29 is 17.9 Å². The minimum Gasteiger partial charge on any atom is -0.492 e. The van der Waals surface area contributed by atoms with Crippen LogP contribution in [-0.4, -0.2) is 84.3 Å². The van der Waals surface area contributed by atoms with Gasteiger partial charge in [-0.25, -0.2) is 4.99 Å². The van der Waals surface area contributed by atoms with E-state index in [2.05, 4.69) is 37.6 Å². The van der Waals surface area contributed by atoms with E-state index < -0.39 is 11.9 Å². The van der Waals surface area contributed by atoms with Gasteiger partial charge in [0, 0.05) is 51.1 Å². The molecule has 0 radical (unpaired) electrons. The van der Waals surface area contributed by atoms with Gasteiger partial charge in [-0.3, -0.25) is 5.10 Å². The first-order valence-corrected chi connectivity index (χ1v) is 13.0. The van der Waals surface area contributed by atoms with E-state index in [1.165, 1.54) is 6.20 Å². The van der Waals surface area contributed by atoms with Gasteiger partial charge >= 0.3 is 6.18 Å². The van der Waals surface area contributed by atoms with Crippen molar-refractivity contribution in [3.63, 3.8) is 0 Å². The summed E-state index contributed by atoms with van der Waals surface area (Å²) in [5.41, 5.74) is 3.73. The van der Waals surface area contributed by atoms with Crippen molar-refractivity contribution in [3.05, 3.63) is 52.7 Å². The van der Waals surface area contributed by atoms with Gasteiger partial charge in [-0.2, -0.15) is 23.4 Å². The first kappa shape index (κ1) is 25.7. The molecule has 0 spiro atoms. The summed E-state index contributed by atoms with van der Waals surface area (Å²) >= 11 is 0. The van der Waals surface area contributed by atoms with Crippen LogP contribution in [0.4, 0.5) is 13.2 Å². The number of likely N-dealkylation sites (N-methyl/N-ethyl adjacent to an activating group) is 1. The van der Waals surface area contributed by atoms with E-state index >= 15 is 0 Å². The molecule has 3 heterocycles. The van der Waals surface area contributed by atoms with Crippen molar-refractivity contribution in [2.24, 2.45) is 16.0 Å². The fraction of sp³-hybridized carbons (Fsp3) is 0.577. The zero-order chi connectivity index (χ0) is 25.8. The van der Waals surface area contributed by atoms with Crippen LogP contribution < -0.4 is 5.43 Å². The number of hydrogen-bond donors (Lipinski definition) is 2. The average Bonchev–Trinajstić information content (AvgIpc) is 3.56. The second kappa shape index (κ2) is 11.2. The van der Waals surface area contributed by atoms with Gasteiger partial charge in [-0.05, 0) is 56.9 Å². The Morgan fingerprint density at radius 1 is 1.19 bits per heavy atom. The molecule has 1 aromatic heterocycles. The molecule has 2 atom stereocenters. The number of alkyl halides is 3. The summed E-state index contributed by atoms with van der Waals surface area (Å²) in [6.07, 6.45) is 8.65. The van der Waals surface area contributed by atoms with Crippen LogP contribution in [0.1, 0.15) is 43.4 Å². The number of hydrazone groups is 1. The van der Waals surface area contributed by atoms with Gasteiger partial charge in [0.25, 0.3) is 0 Å². The van der Waals surface area contributed by atoms with Crippen molar-refractivity contribution in [2.45, 2.75) is 44.3 Å². The average molecular weight is 518 g/mol. The highest BCUT2D eigenvalue weighted by molar-refractivity contribution is 6.14. The third kappa shape index (κ3) is 6.15. The predicted molar refractivity (Wildman–Crippen MR) is 136 cm³/mol. The fourth-order valence-electron chi connectivity index (χ4n) is 5.12. The maximum atomic E-state index is 13.8. The molecule has 0 aromatic carbocycles. The summed E-state index contributed by atoms with van der Waals surface area (Å²) < 4.78 is 47.6. The quantitative estimate of drug-likeness (QED) is 0.406. The summed E-state index contributed by atoms with van der Waals surface area (Å²) in [5, 5.41) is 10.1. The van der Waals surface area contributed by atoms with Crippen LogP contribution in [0, 0.1) is 5.92 Å². The molecule has 0 amide bonds. The Morgan fingerprint density at radius 2 is 2.03 bits per heavy atom. The van der Waals surface area contributed by atoms with Gasteiger partial charge in [-0.15, -0.1) is 0 Å². The number of halogens is 3. The molecule has 37 heavy (non-hydrogen) atoms. The minimum absolute atomic E-state index is 0.0312. The summed E-state index contributed by atoms with van der Waals surface area (Å²) in [4.78, 5) is 9.60. The van der Waals surface area contributed by atoms with Crippen LogP contribution in [-0.2, 0) is 10.9 Å². The lowest BCUT2D eigenvalue weighted by Gasteiger charge is -2.32. The number of hydrogen-bond acceptors (Lipinski definition) is 7. The number of aromatic amines is 1. The molecule has 1 aromatic rings. The minimum atomic E-state index is -4.59. The number of nitrogens with one attached hydrogen (secondary N) is 2. The van der Waals surface area contributed by atoms with E-state index in [1.54, 1.807) is 6.21 Å². The fourth-order valence-corrected chi connectivity index (χ4v) is 5.12. The zero-order valence-corrected chi connectivity index (χ0v) is 21.1. The molecule has 5 rings (SSSR count). The summed E-state index contributed by atoms with van der Waals surface area (Å²) in [6.45, 7) is 5.66. The number of aliphatic imine (C=N–C) groups is 1. The predicted octanol–water partition coefficient (Wildman–Crippen LogP) is 3.73. The SMILES string of the molecule is CN1CCN(CCCOC2=CC3NN=CC3C=C2/N=C(\C2=CCCCC2)c2c[nH]nc2C(F)(F)F)CC1. The largest absolute Gasteiger partial charge is 0.492 e. The van der Waals surface area contributed by atoms with Gasteiger partial charge in [0.05, 0.1) is 23.9 Å². The molecule has 2 N–H and O–H groups in total. The Bertz CT molecular complexity index is 1110. The maximum absolute atomic E-state index is 13.8. The van der Waals surface area contributed by atoms with Crippen molar-refractivity contribution in [1.29, 1.82) is 0 Å². The normalized spacial score (nSPS) is 25.3. The Kier molecular flexibility index (Phi) is 7.80. The molecule has 1 fully saturated rings. The Labute approximate surface area is 215 Å². The summed E-state index contributed by atoms with van der Waals surface area (Å²) in [7, 11) is 2.14. The van der Waals surface area contributed by atoms with Crippen LogP contribution in [0.2, 0.25) is 0 Å². The summed E-state index contributed by atoms with van der Waals surface area (Å²) in [6, 6.07) is -0.0522. The highest BCUT2D eigenvalue weighted by Crippen LogP contribution is 2.35. The maximum Gasteiger partial charge on any atom is 0.435 e. The van der Waals surface area contributed by atoms with Crippen LogP contribution in [0.25, 0.3) is 0 Å². The molecular formula is C26H34F3N7O. The highest BCUT2D eigenvalue weighted by Gasteiger charge is 2.38. The van der Waals surface area contributed by atoms with Gasteiger partial charge in [0.15, 0.2) is 5.69 Å². The Morgan fingerprint density at radius 3 is 2.78 bits per heavy atom. The van der Waals surface area contributed by atoms with Crippen LogP contribution >= 0.6 is 0 Å². The van der Waals surface area contributed by atoms with E-state index in [9.17, 15) is 13.2 Å². The molecule has 0 bridgehead atoms. The molecular weight excluding hydrogens is 483 g/mol. The molecule has 0 saturated carbocycles. The third-order valence-electron chi connectivity index (χ3n) is 7.28. The van der Waals surface area contributed by atoms with E-state index in [4.69, 9.17) is 9.73 Å². The van der Waals surface area contributed by atoms with Crippen molar-refractivity contribution in [1.82, 2.24) is 25.4 Å². The second-order valence-electron chi connectivity index (χ2n) is 10.0. The lowest BCUT2D eigenvalue weighted by Crippen LogP contribution is -2.44. The number of allylic oxidation sites excluding steroid dienone is 2. The van der Waals surface area contributed by atoms with Gasteiger partial charge in [0.1, 0.15) is 11.5 Å². The van der Waals surface area contributed by atoms with Crippen LogP contribution in [0.3, 0.4) is 0 Å². The first-order chi connectivity index (χ1) is 17.9. The van der Waals surface area contributed by atoms with Crippen LogP contribution in [0.15, 0.2) is 51.5 Å². The Balaban J connectivity index is 1.38. The number of H-pyrrole nitrogens is 1. The second-order valence-corrected chi connectivity index (χ2v) is 10.0. The van der Waals surface area contributed by atoms with E-state index in [0.29, 0.717) is 30.2 Å². The zero-order valence-electron chi connectivity index (χ0n) is 21.1. The monoisotopic (exact) mass is 517 g/mol. The standard InChI is InChI=1S/C26H34F3N7O/c1-35-9-11-36(12-10-35)8-5-13-37-23-15-21-19(16-30-33-21)14-22(23)32-24(18-6-3-2-4-7-18)20-17-31-34-25(20)26(27,28)29/h6,14-17,19,21,33H,2-5,7-13H2,1H3,(H,31,34)/b32-24+. The molecule has 200 valence electrons. The van der Waals surface area contributed by atoms with Gasteiger partial charge < -0.3 is 20.0 Å². The number of nitrogens with zero attached hydrogens (tertiary/aromatic N) is 5. The molecule has 1 saturated heterocycles. The molecule has 4 aliphatic rings. The lowest BCUT2D eigenvalue weighted by atomic mass is 9.91. The molecule has 2 aliphatic heterocycles.